The number of halogens is 2. The molecule has 0 heterocycles. The van der Waals surface area contributed by atoms with Gasteiger partial charge in [0, 0.05) is 16.1 Å². The van der Waals surface area contributed by atoms with Crippen LogP contribution in [0.15, 0.2) is 18.2 Å². The Kier molecular flexibility index (Phi) is 6.28. The van der Waals surface area contributed by atoms with Crippen LogP contribution in [0.5, 0.6) is 0 Å². The summed E-state index contributed by atoms with van der Waals surface area (Å²) in [4.78, 5) is 0. The molecule has 0 spiro atoms. The lowest BCUT2D eigenvalue weighted by molar-refractivity contribution is 0.131. The smallest absolute Gasteiger partial charge is 0.0694 e. The maximum atomic E-state index is 9.87. The lowest BCUT2D eigenvalue weighted by Crippen LogP contribution is -2.34. The SMILES string of the molecule is CCCC(N)C(O)CCc1cc(Cl)ccc1Cl. The molecule has 0 bridgehead atoms. The van der Waals surface area contributed by atoms with Crippen molar-refractivity contribution in [3.63, 3.8) is 0 Å². The number of aryl methyl sites for hydroxylation is 1. The molecule has 0 aromatic heterocycles. The van der Waals surface area contributed by atoms with E-state index < -0.39 is 6.10 Å². The van der Waals surface area contributed by atoms with E-state index >= 15 is 0 Å². The van der Waals surface area contributed by atoms with E-state index in [4.69, 9.17) is 28.9 Å². The van der Waals surface area contributed by atoms with Crippen molar-refractivity contribution in [2.45, 2.75) is 44.8 Å². The summed E-state index contributed by atoms with van der Waals surface area (Å²) in [6.07, 6.45) is 2.64. The van der Waals surface area contributed by atoms with Gasteiger partial charge in [0.15, 0.2) is 0 Å². The second-order valence-corrected chi connectivity index (χ2v) is 5.14. The Bertz CT molecular complexity index is 357. The molecular weight excluding hydrogens is 257 g/mol. The van der Waals surface area contributed by atoms with Crippen molar-refractivity contribution in [1.82, 2.24) is 0 Å². The molecule has 0 aliphatic heterocycles. The summed E-state index contributed by atoms with van der Waals surface area (Å²) in [6.45, 7) is 2.06. The quantitative estimate of drug-likeness (QED) is 0.836. The Morgan fingerprint density at radius 1 is 1.29 bits per heavy atom. The van der Waals surface area contributed by atoms with Crippen LogP contribution in [0.2, 0.25) is 10.0 Å². The summed E-state index contributed by atoms with van der Waals surface area (Å²) in [7, 11) is 0. The van der Waals surface area contributed by atoms with Gasteiger partial charge in [-0.15, -0.1) is 0 Å². The fourth-order valence-corrected chi connectivity index (χ4v) is 2.18. The van der Waals surface area contributed by atoms with Crippen LogP contribution in [-0.4, -0.2) is 17.3 Å². The standard InChI is InChI=1S/C13H19Cl2NO/c1-2-3-12(16)13(17)7-4-9-8-10(14)5-6-11(9)15/h5-6,8,12-13,17H,2-4,7,16H2,1H3. The first-order valence-electron chi connectivity index (χ1n) is 5.92. The van der Waals surface area contributed by atoms with E-state index in [1.54, 1.807) is 12.1 Å². The summed E-state index contributed by atoms with van der Waals surface area (Å²) < 4.78 is 0. The Balaban J connectivity index is 2.52. The Hall–Kier alpha value is -0.280. The molecular formula is C13H19Cl2NO. The zero-order valence-corrected chi connectivity index (χ0v) is 11.5. The van der Waals surface area contributed by atoms with Crippen LogP contribution in [0.4, 0.5) is 0 Å². The molecule has 96 valence electrons. The summed E-state index contributed by atoms with van der Waals surface area (Å²) in [5.74, 6) is 0. The molecule has 0 amide bonds. The van der Waals surface area contributed by atoms with Crippen LogP contribution in [0.1, 0.15) is 31.7 Å². The molecule has 0 aliphatic carbocycles. The van der Waals surface area contributed by atoms with Gasteiger partial charge < -0.3 is 10.8 Å². The third-order valence-corrected chi connectivity index (χ3v) is 3.44. The van der Waals surface area contributed by atoms with Crippen LogP contribution < -0.4 is 5.73 Å². The zero-order chi connectivity index (χ0) is 12.8. The lowest BCUT2D eigenvalue weighted by Gasteiger charge is -2.18. The number of nitrogens with two attached hydrogens (primary N) is 1. The van der Waals surface area contributed by atoms with E-state index in [1.807, 2.05) is 6.07 Å². The van der Waals surface area contributed by atoms with E-state index in [1.165, 1.54) is 0 Å². The molecule has 2 atom stereocenters. The number of rotatable bonds is 6. The van der Waals surface area contributed by atoms with Crippen LogP contribution in [0.3, 0.4) is 0 Å². The fraction of sp³-hybridized carbons (Fsp3) is 0.538. The topological polar surface area (TPSA) is 46.2 Å². The van der Waals surface area contributed by atoms with Crippen molar-refractivity contribution < 1.29 is 5.11 Å². The van der Waals surface area contributed by atoms with Crippen molar-refractivity contribution in [3.05, 3.63) is 33.8 Å². The van der Waals surface area contributed by atoms with Gasteiger partial charge in [0.05, 0.1) is 6.10 Å². The summed E-state index contributed by atoms with van der Waals surface area (Å²) >= 11 is 11.9. The molecule has 0 radical (unpaired) electrons. The first kappa shape index (κ1) is 14.8. The molecule has 1 rings (SSSR count). The van der Waals surface area contributed by atoms with Gasteiger partial charge in [0.2, 0.25) is 0 Å². The molecule has 0 aliphatic rings. The number of benzene rings is 1. The van der Waals surface area contributed by atoms with Crippen LogP contribution in [-0.2, 0) is 6.42 Å². The Morgan fingerprint density at radius 3 is 2.65 bits per heavy atom. The first-order valence-corrected chi connectivity index (χ1v) is 6.67. The predicted molar refractivity (Wildman–Crippen MR) is 73.7 cm³/mol. The van der Waals surface area contributed by atoms with E-state index in [0.717, 1.165) is 18.4 Å². The van der Waals surface area contributed by atoms with Gasteiger partial charge in [0.25, 0.3) is 0 Å². The monoisotopic (exact) mass is 275 g/mol. The van der Waals surface area contributed by atoms with Crippen molar-refractivity contribution in [3.8, 4) is 0 Å². The van der Waals surface area contributed by atoms with Gasteiger partial charge in [-0.1, -0.05) is 36.5 Å². The number of hydrogen-bond donors (Lipinski definition) is 2. The largest absolute Gasteiger partial charge is 0.392 e. The molecule has 0 fully saturated rings. The maximum Gasteiger partial charge on any atom is 0.0694 e. The highest BCUT2D eigenvalue weighted by Crippen LogP contribution is 2.22. The molecule has 0 saturated carbocycles. The second-order valence-electron chi connectivity index (χ2n) is 4.29. The molecule has 4 heteroatoms. The third kappa shape index (κ3) is 4.84. The van der Waals surface area contributed by atoms with Crippen molar-refractivity contribution >= 4 is 23.2 Å². The average Bonchev–Trinajstić information content (AvgIpc) is 2.30. The normalized spacial score (nSPS) is 14.6. The minimum absolute atomic E-state index is 0.155. The highest BCUT2D eigenvalue weighted by Gasteiger charge is 2.14. The van der Waals surface area contributed by atoms with E-state index in [2.05, 4.69) is 6.92 Å². The highest BCUT2D eigenvalue weighted by atomic mass is 35.5. The average molecular weight is 276 g/mol. The van der Waals surface area contributed by atoms with E-state index in [0.29, 0.717) is 22.9 Å². The van der Waals surface area contributed by atoms with Gasteiger partial charge in [-0.3, -0.25) is 0 Å². The van der Waals surface area contributed by atoms with Gasteiger partial charge in [-0.2, -0.15) is 0 Å². The molecule has 2 unspecified atom stereocenters. The number of aliphatic hydroxyl groups excluding tert-OH is 1. The van der Waals surface area contributed by atoms with Crippen molar-refractivity contribution in [2.75, 3.05) is 0 Å². The molecule has 0 saturated heterocycles. The second kappa shape index (κ2) is 7.22. The summed E-state index contributed by atoms with van der Waals surface area (Å²) in [6, 6.07) is 5.21. The van der Waals surface area contributed by atoms with E-state index in [9.17, 15) is 5.11 Å². The zero-order valence-electron chi connectivity index (χ0n) is 10.00. The Labute approximate surface area is 113 Å². The first-order chi connectivity index (χ1) is 8.04. The fourth-order valence-electron chi connectivity index (χ4n) is 1.78. The number of aliphatic hydroxyl groups is 1. The third-order valence-electron chi connectivity index (χ3n) is 2.83. The molecule has 2 nitrogen and oxygen atoms in total. The van der Waals surface area contributed by atoms with Crippen molar-refractivity contribution in [1.29, 1.82) is 0 Å². The number of hydrogen-bond acceptors (Lipinski definition) is 2. The maximum absolute atomic E-state index is 9.87. The van der Waals surface area contributed by atoms with E-state index in [-0.39, 0.29) is 6.04 Å². The minimum Gasteiger partial charge on any atom is -0.392 e. The van der Waals surface area contributed by atoms with Gasteiger partial charge in [0.1, 0.15) is 0 Å². The molecule has 3 N–H and O–H groups in total. The van der Waals surface area contributed by atoms with Gasteiger partial charge >= 0.3 is 0 Å². The highest BCUT2D eigenvalue weighted by molar-refractivity contribution is 6.33. The van der Waals surface area contributed by atoms with Crippen LogP contribution in [0, 0.1) is 0 Å². The van der Waals surface area contributed by atoms with Gasteiger partial charge in [-0.05, 0) is 43.0 Å². The lowest BCUT2D eigenvalue weighted by atomic mass is 9.99. The van der Waals surface area contributed by atoms with Gasteiger partial charge in [-0.25, -0.2) is 0 Å². The van der Waals surface area contributed by atoms with Crippen LogP contribution in [0.25, 0.3) is 0 Å². The summed E-state index contributed by atoms with van der Waals surface area (Å²) in [5.41, 5.74) is 6.81. The van der Waals surface area contributed by atoms with Crippen LogP contribution >= 0.6 is 23.2 Å². The summed E-state index contributed by atoms with van der Waals surface area (Å²) in [5, 5.41) is 11.2. The molecule has 1 aromatic rings. The van der Waals surface area contributed by atoms with Crippen molar-refractivity contribution in [2.24, 2.45) is 5.73 Å². The molecule has 1 aromatic carbocycles. The predicted octanol–water partition coefficient (Wildman–Crippen LogP) is 3.41. The molecule has 17 heavy (non-hydrogen) atoms. The Morgan fingerprint density at radius 2 is 2.00 bits per heavy atom. The minimum atomic E-state index is -0.481.